The summed E-state index contributed by atoms with van der Waals surface area (Å²) in [5.74, 6) is -0.426. The van der Waals surface area contributed by atoms with Crippen molar-refractivity contribution >= 4 is 32.5 Å². The largest absolute Gasteiger partial charge is 0.358 e. The molecule has 0 saturated heterocycles. The molecule has 0 unspecified atom stereocenters. The molecule has 2 N–H and O–H groups in total. The average Bonchev–Trinajstić information content (AvgIpc) is 2.85. The van der Waals surface area contributed by atoms with Gasteiger partial charge in [0.1, 0.15) is 5.82 Å². The van der Waals surface area contributed by atoms with Gasteiger partial charge in [0.15, 0.2) is 0 Å². The van der Waals surface area contributed by atoms with Gasteiger partial charge in [0.25, 0.3) is 0 Å². The van der Waals surface area contributed by atoms with Crippen molar-refractivity contribution in [2.24, 2.45) is 0 Å². The molecule has 1 aromatic heterocycles. The first kappa shape index (κ1) is 17.9. The number of aromatic amines is 1. The van der Waals surface area contributed by atoms with Gasteiger partial charge in [0.05, 0.1) is 4.90 Å². The third-order valence-electron chi connectivity index (χ3n) is 4.19. The first-order valence-corrected chi connectivity index (χ1v) is 9.66. The molecule has 7 heteroatoms. The Bertz CT molecular complexity index is 1040. The standard InChI is InChI=1S/C18H18ClFN2O2S/c1-11-9-14(4-5-17(11)20)25(23,24)21-8-7-15-12(2)22-18-6-3-13(19)10-16(15)18/h3-6,9-10,21-22H,7-8H2,1-2H3. The van der Waals surface area contributed by atoms with Gasteiger partial charge < -0.3 is 4.98 Å². The minimum atomic E-state index is -3.68. The molecule has 25 heavy (non-hydrogen) atoms. The lowest BCUT2D eigenvalue weighted by Gasteiger charge is -2.08. The van der Waals surface area contributed by atoms with Crippen LogP contribution in [0.1, 0.15) is 16.8 Å². The molecule has 0 radical (unpaired) electrons. The lowest BCUT2D eigenvalue weighted by Crippen LogP contribution is -2.26. The third kappa shape index (κ3) is 3.71. The average molecular weight is 381 g/mol. The van der Waals surface area contributed by atoms with Crippen LogP contribution in [-0.4, -0.2) is 19.9 Å². The first-order chi connectivity index (χ1) is 11.8. The summed E-state index contributed by atoms with van der Waals surface area (Å²) in [5.41, 5.74) is 3.27. The Morgan fingerprint density at radius 3 is 2.64 bits per heavy atom. The molecule has 3 rings (SSSR count). The Morgan fingerprint density at radius 1 is 1.16 bits per heavy atom. The lowest BCUT2D eigenvalue weighted by molar-refractivity contribution is 0.580. The van der Waals surface area contributed by atoms with Crippen molar-refractivity contribution in [3.63, 3.8) is 0 Å². The van der Waals surface area contributed by atoms with E-state index in [1.807, 2.05) is 25.1 Å². The number of hydrogen-bond acceptors (Lipinski definition) is 2. The molecule has 0 spiro atoms. The van der Waals surface area contributed by atoms with Crippen LogP contribution in [0.5, 0.6) is 0 Å². The Balaban J connectivity index is 1.77. The maximum Gasteiger partial charge on any atom is 0.240 e. The van der Waals surface area contributed by atoms with Gasteiger partial charge in [-0.05, 0) is 67.8 Å². The highest BCUT2D eigenvalue weighted by Crippen LogP contribution is 2.25. The number of aryl methyl sites for hydroxylation is 2. The van der Waals surface area contributed by atoms with Crippen molar-refractivity contribution < 1.29 is 12.8 Å². The molecule has 4 nitrogen and oxygen atoms in total. The van der Waals surface area contributed by atoms with E-state index in [1.165, 1.54) is 19.1 Å². The molecule has 0 fully saturated rings. The quantitative estimate of drug-likeness (QED) is 0.700. The second-order valence-corrected chi connectivity index (χ2v) is 8.18. The number of nitrogens with one attached hydrogen (secondary N) is 2. The predicted octanol–water partition coefficient (Wildman–Crippen LogP) is 4.10. The normalized spacial score (nSPS) is 12.0. The molecule has 0 aliphatic heterocycles. The number of halogens is 2. The summed E-state index contributed by atoms with van der Waals surface area (Å²) >= 11 is 6.06. The van der Waals surface area contributed by atoms with E-state index in [-0.39, 0.29) is 11.4 Å². The fourth-order valence-corrected chi connectivity index (χ4v) is 4.14. The number of aromatic nitrogens is 1. The fraction of sp³-hybridized carbons (Fsp3) is 0.222. The molecular weight excluding hydrogens is 363 g/mol. The van der Waals surface area contributed by atoms with Crippen LogP contribution in [0, 0.1) is 19.7 Å². The lowest BCUT2D eigenvalue weighted by atomic mass is 10.1. The Kier molecular flexibility index (Phi) is 4.86. The Labute approximate surface area is 151 Å². The summed E-state index contributed by atoms with van der Waals surface area (Å²) in [7, 11) is -3.68. The molecule has 0 aliphatic carbocycles. The number of benzene rings is 2. The van der Waals surface area contributed by atoms with Gasteiger partial charge in [0.2, 0.25) is 10.0 Å². The molecule has 0 amide bonds. The van der Waals surface area contributed by atoms with E-state index in [4.69, 9.17) is 11.6 Å². The summed E-state index contributed by atoms with van der Waals surface area (Å²) in [6.07, 6.45) is 0.519. The summed E-state index contributed by atoms with van der Waals surface area (Å²) in [4.78, 5) is 3.33. The van der Waals surface area contributed by atoms with Crippen molar-refractivity contribution in [3.8, 4) is 0 Å². The number of hydrogen-bond donors (Lipinski definition) is 2. The van der Waals surface area contributed by atoms with Crippen molar-refractivity contribution in [1.82, 2.24) is 9.71 Å². The van der Waals surface area contributed by atoms with E-state index >= 15 is 0 Å². The highest BCUT2D eigenvalue weighted by atomic mass is 35.5. The monoisotopic (exact) mass is 380 g/mol. The molecule has 1 heterocycles. The SMILES string of the molecule is Cc1cc(S(=O)(=O)NCCc2c(C)[nH]c3ccc(Cl)cc23)ccc1F. The smallest absolute Gasteiger partial charge is 0.240 e. The zero-order valence-electron chi connectivity index (χ0n) is 13.9. The van der Waals surface area contributed by atoms with Crippen LogP contribution in [0.3, 0.4) is 0 Å². The predicted molar refractivity (Wildman–Crippen MR) is 98.1 cm³/mol. The summed E-state index contributed by atoms with van der Waals surface area (Å²) in [5, 5.41) is 1.62. The van der Waals surface area contributed by atoms with Crippen LogP contribution in [0.25, 0.3) is 10.9 Å². The second-order valence-electron chi connectivity index (χ2n) is 5.98. The van der Waals surface area contributed by atoms with Gasteiger partial charge in [-0.3, -0.25) is 0 Å². The molecule has 0 saturated carbocycles. The van der Waals surface area contributed by atoms with E-state index in [2.05, 4.69) is 9.71 Å². The van der Waals surface area contributed by atoms with Crippen LogP contribution in [0.15, 0.2) is 41.3 Å². The van der Waals surface area contributed by atoms with Crippen molar-refractivity contribution in [2.75, 3.05) is 6.54 Å². The molecular formula is C18H18ClFN2O2S. The number of rotatable bonds is 5. The van der Waals surface area contributed by atoms with E-state index in [0.29, 0.717) is 17.0 Å². The second kappa shape index (κ2) is 6.78. The van der Waals surface area contributed by atoms with Crippen LogP contribution >= 0.6 is 11.6 Å². The maximum absolute atomic E-state index is 13.3. The fourth-order valence-electron chi connectivity index (χ4n) is 2.85. The van der Waals surface area contributed by atoms with Crippen LogP contribution in [-0.2, 0) is 16.4 Å². The minimum Gasteiger partial charge on any atom is -0.358 e. The van der Waals surface area contributed by atoms with Crippen LogP contribution < -0.4 is 4.72 Å². The maximum atomic E-state index is 13.3. The number of H-pyrrole nitrogens is 1. The molecule has 3 aromatic rings. The number of sulfonamides is 1. The van der Waals surface area contributed by atoms with Gasteiger partial charge in [-0.25, -0.2) is 17.5 Å². The van der Waals surface area contributed by atoms with E-state index in [9.17, 15) is 12.8 Å². The molecule has 0 aliphatic rings. The topological polar surface area (TPSA) is 62.0 Å². The zero-order chi connectivity index (χ0) is 18.2. The molecule has 2 aromatic carbocycles. The highest BCUT2D eigenvalue weighted by Gasteiger charge is 2.16. The Hall–Kier alpha value is -1.89. The van der Waals surface area contributed by atoms with Gasteiger partial charge >= 0.3 is 0 Å². The zero-order valence-corrected chi connectivity index (χ0v) is 15.4. The molecule has 132 valence electrons. The van der Waals surface area contributed by atoms with E-state index in [1.54, 1.807) is 0 Å². The highest BCUT2D eigenvalue weighted by molar-refractivity contribution is 7.89. The Morgan fingerprint density at radius 2 is 1.92 bits per heavy atom. The number of fused-ring (bicyclic) bond motifs is 1. The van der Waals surface area contributed by atoms with Crippen molar-refractivity contribution in [3.05, 3.63) is 64.1 Å². The van der Waals surface area contributed by atoms with Crippen LogP contribution in [0.2, 0.25) is 5.02 Å². The van der Waals surface area contributed by atoms with Gasteiger partial charge in [-0.15, -0.1) is 0 Å². The van der Waals surface area contributed by atoms with Crippen LogP contribution in [0.4, 0.5) is 4.39 Å². The summed E-state index contributed by atoms with van der Waals surface area (Å²) in [6.45, 7) is 3.72. The molecule has 0 atom stereocenters. The first-order valence-electron chi connectivity index (χ1n) is 7.80. The van der Waals surface area contributed by atoms with E-state index < -0.39 is 15.8 Å². The summed E-state index contributed by atoms with van der Waals surface area (Å²) in [6, 6.07) is 9.34. The summed E-state index contributed by atoms with van der Waals surface area (Å²) < 4.78 is 40.6. The molecule has 0 bridgehead atoms. The van der Waals surface area contributed by atoms with Crippen molar-refractivity contribution in [2.45, 2.75) is 25.2 Å². The van der Waals surface area contributed by atoms with Crippen molar-refractivity contribution in [1.29, 1.82) is 0 Å². The van der Waals surface area contributed by atoms with Gasteiger partial charge in [-0.1, -0.05) is 11.6 Å². The minimum absolute atomic E-state index is 0.0603. The van der Waals surface area contributed by atoms with Gasteiger partial charge in [0, 0.05) is 28.2 Å². The van der Waals surface area contributed by atoms with E-state index in [0.717, 1.165) is 28.2 Å². The van der Waals surface area contributed by atoms with Gasteiger partial charge in [-0.2, -0.15) is 0 Å². The third-order valence-corrected chi connectivity index (χ3v) is 5.88.